The molecule has 0 unspecified atom stereocenters. The second-order valence-electron chi connectivity index (χ2n) is 8.07. The number of amides is 1. The molecule has 1 heterocycles. The Morgan fingerprint density at radius 3 is 2.35 bits per heavy atom. The minimum Gasteiger partial charge on any atom is -0.494 e. The zero-order valence-corrected chi connectivity index (χ0v) is 20.0. The summed E-state index contributed by atoms with van der Waals surface area (Å²) in [4.78, 5) is 12.7. The highest BCUT2D eigenvalue weighted by atomic mass is 16.5. The van der Waals surface area contributed by atoms with Crippen LogP contribution in [0.1, 0.15) is 31.9 Å². The zero-order valence-electron chi connectivity index (χ0n) is 20.0. The van der Waals surface area contributed by atoms with Crippen LogP contribution in [0, 0.1) is 6.92 Å². The van der Waals surface area contributed by atoms with Crippen LogP contribution in [0.2, 0.25) is 0 Å². The van der Waals surface area contributed by atoms with E-state index in [9.17, 15) is 4.79 Å². The highest BCUT2D eigenvalue weighted by Gasteiger charge is 2.15. The third-order valence-corrected chi connectivity index (χ3v) is 5.54. The summed E-state index contributed by atoms with van der Waals surface area (Å²) >= 11 is 0. The lowest BCUT2D eigenvalue weighted by molar-refractivity contribution is -0.111. The molecular formula is C29H29NO4. The molecule has 4 rings (SSSR count). The molecule has 0 aliphatic rings. The fraction of sp³-hybridized carbons (Fsp3) is 0.207. The Hall–Kier alpha value is -3.99. The first-order chi connectivity index (χ1) is 16.5. The van der Waals surface area contributed by atoms with Crippen molar-refractivity contribution >= 4 is 28.1 Å². The van der Waals surface area contributed by atoms with Gasteiger partial charge in [0.1, 0.15) is 17.1 Å². The quantitative estimate of drug-likeness (QED) is 0.284. The van der Waals surface area contributed by atoms with Crippen LogP contribution in [0.5, 0.6) is 11.5 Å². The number of hydrogen-bond acceptors (Lipinski definition) is 4. The van der Waals surface area contributed by atoms with E-state index in [1.165, 1.54) is 5.56 Å². The molecule has 3 aromatic carbocycles. The number of hydrogen-bond donors (Lipinski definition) is 1. The maximum Gasteiger partial charge on any atom is 0.248 e. The third kappa shape index (κ3) is 5.15. The molecule has 1 N–H and O–H groups in total. The summed E-state index contributed by atoms with van der Waals surface area (Å²) in [5, 5.41) is 3.88. The van der Waals surface area contributed by atoms with Gasteiger partial charge in [-0.2, -0.15) is 0 Å². The largest absolute Gasteiger partial charge is 0.494 e. The monoisotopic (exact) mass is 455 g/mol. The molecular weight excluding hydrogens is 426 g/mol. The van der Waals surface area contributed by atoms with E-state index in [0.29, 0.717) is 24.7 Å². The van der Waals surface area contributed by atoms with Crippen LogP contribution in [0.15, 0.2) is 77.4 Å². The number of ether oxygens (including phenoxy) is 2. The Bertz CT molecular complexity index is 1320. The fourth-order valence-electron chi connectivity index (χ4n) is 3.85. The summed E-state index contributed by atoms with van der Waals surface area (Å²) in [5.74, 6) is 1.24. The number of fused-ring (bicyclic) bond motifs is 1. The van der Waals surface area contributed by atoms with E-state index in [4.69, 9.17) is 13.9 Å². The van der Waals surface area contributed by atoms with Crippen molar-refractivity contribution in [3.63, 3.8) is 0 Å². The number of rotatable bonds is 8. The molecule has 0 saturated carbocycles. The topological polar surface area (TPSA) is 60.7 Å². The van der Waals surface area contributed by atoms with Crippen LogP contribution in [0.3, 0.4) is 0 Å². The molecule has 174 valence electrons. The van der Waals surface area contributed by atoms with Gasteiger partial charge in [-0.3, -0.25) is 4.79 Å². The molecule has 34 heavy (non-hydrogen) atoms. The van der Waals surface area contributed by atoms with Crippen molar-refractivity contribution < 1.29 is 18.7 Å². The Balaban J connectivity index is 1.65. The van der Waals surface area contributed by atoms with Gasteiger partial charge in [-0.05, 0) is 69.2 Å². The number of allylic oxidation sites excluding steroid dienone is 1. The Kier molecular flexibility index (Phi) is 7.02. The number of benzene rings is 3. The second kappa shape index (κ2) is 10.3. The molecule has 0 spiro atoms. The van der Waals surface area contributed by atoms with Gasteiger partial charge in [-0.1, -0.05) is 29.8 Å². The lowest BCUT2D eigenvalue weighted by Gasteiger charge is -2.12. The fourth-order valence-corrected chi connectivity index (χ4v) is 3.85. The summed E-state index contributed by atoms with van der Waals surface area (Å²) in [7, 11) is 0. The van der Waals surface area contributed by atoms with Gasteiger partial charge in [0.15, 0.2) is 0 Å². The van der Waals surface area contributed by atoms with Gasteiger partial charge in [-0.25, -0.2) is 0 Å². The van der Waals surface area contributed by atoms with E-state index >= 15 is 0 Å². The molecule has 0 bridgehead atoms. The summed E-state index contributed by atoms with van der Waals surface area (Å²) in [6.45, 7) is 8.96. The van der Waals surface area contributed by atoms with E-state index in [1.807, 2.05) is 57.2 Å². The average Bonchev–Trinajstić information content (AvgIpc) is 3.23. The van der Waals surface area contributed by atoms with E-state index in [2.05, 4.69) is 36.5 Å². The van der Waals surface area contributed by atoms with Gasteiger partial charge in [0.05, 0.1) is 19.5 Å². The van der Waals surface area contributed by atoms with Crippen molar-refractivity contribution in [3.05, 3.63) is 84.1 Å². The third-order valence-electron chi connectivity index (χ3n) is 5.54. The molecule has 0 aliphatic carbocycles. The van der Waals surface area contributed by atoms with Gasteiger partial charge in [0, 0.05) is 34.3 Å². The predicted octanol–water partition coefficient (Wildman–Crippen LogP) is 7.25. The van der Waals surface area contributed by atoms with Gasteiger partial charge < -0.3 is 19.2 Å². The highest BCUT2D eigenvalue weighted by molar-refractivity contribution is 6.05. The smallest absolute Gasteiger partial charge is 0.248 e. The maximum absolute atomic E-state index is 12.7. The van der Waals surface area contributed by atoms with Crippen molar-refractivity contribution in [1.82, 2.24) is 0 Å². The molecule has 0 aliphatic heterocycles. The number of aryl methyl sites for hydroxylation is 1. The van der Waals surface area contributed by atoms with Crippen molar-refractivity contribution in [2.75, 3.05) is 18.5 Å². The first-order valence-corrected chi connectivity index (χ1v) is 11.5. The number of nitrogens with one attached hydrogen (secondary N) is 1. The lowest BCUT2D eigenvalue weighted by Crippen LogP contribution is -2.08. The first kappa shape index (κ1) is 23.2. The van der Waals surface area contributed by atoms with Crippen molar-refractivity contribution in [1.29, 1.82) is 0 Å². The Morgan fingerprint density at radius 2 is 1.68 bits per heavy atom. The van der Waals surface area contributed by atoms with Crippen molar-refractivity contribution in [2.24, 2.45) is 0 Å². The minimum absolute atomic E-state index is 0.213. The van der Waals surface area contributed by atoms with Crippen molar-refractivity contribution in [2.45, 2.75) is 27.7 Å². The van der Waals surface area contributed by atoms with Gasteiger partial charge in [-0.15, -0.1) is 0 Å². The summed E-state index contributed by atoms with van der Waals surface area (Å²) in [6.07, 6.45) is 3.36. The zero-order chi connectivity index (χ0) is 24.1. The van der Waals surface area contributed by atoms with Gasteiger partial charge in [0.25, 0.3) is 0 Å². The molecule has 0 fully saturated rings. The molecule has 0 saturated heterocycles. The van der Waals surface area contributed by atoms with E-state index < -0.39 is 0 Å². The van der Waals surface area contributed by atoms with E-state index in [-0.39, 0.29) is 5.91 Å². The van der Waals surface area contributed by atoms with Crippen LogP contribution in [-0.2, 0) is 4.79 Å². The van der Waals surface area contributed by atoms with Crippen LogP contribution < -0.4 is 14.8 Å². The molecule has 4 aromatic rings. The van der Waals surface area contributed by atoms with Crippen LogP contribution >= 0.6 is 0 Å². The van der Waals surface area contributed by atoms with Crippen LogP contribution in [-0.4, -0.2) is 19.1 Å². The van der Waals surface area contributed by atoms with Crippen molar-refractivity contribution in [3.8, 4) is 22.6 Å². The van der Waals surface area contributed by atoms with Gasteiger partial charge in [0.2, 0.25) is 5.91 Å². The molecule has 0 radical (unpaired) electrons. The van der Waals surface area contributed by atoms with E-state index in [0.717, 1.165) is 39.0 Å². The normalized spacial score (nSPS) is 11.5. The first-order valence-electron chi connectivity index (χ1n) is 11.5. The number of anilines is 1. The summed E-state index contributed by atoms with van der Waals surface area (Å²) in [5.41, 5.74) is 6.38. The molecule has 1 amide bonds. The second-order valence-corrected chi connectivity index (χ2v) is 8.07. The Morgan fingerprint density at radius 1 is 0.971 bits per heavy atom. The number of carbonyl (C=O) groups excluding carboxylic acids is 1. The summed E-state index contributed by atoms with van der Waals surface area (Å²) < 4.78 is 17.2. The number of carbonyl (C=O) groups is 1. The standard InChI is InChI=1S/C29H29NO4/c1-5-32-23-13-11-22(12-14-23)30-29(31)15-20(4)24-16-25-26(21-9-7-19(3)8-10-21)18-34-28(25)17-27(24)33-6-2/h7-18H,5-6H2,1-4H3,(H,30,31)/b20-15+. The maximum atomic E-state index is 12.7. The SMILES string of the molecule is CCOc1ccc(NC(=O)/C=C(\C)c2cc3c(-c4ccc(C)cc4)coc3cc2OCC)cc1. The minimum atomic E-state index is -0.213. The van der Waals surface area contributed by atoms with Crippen LogP contribution in [0.4, 0.5) is 5.69 Å². The summed E-state index contributed by atoms with van der Waals surface area (Å²) in [6, 6.07) is 19.6. The molecule has 0 atom stereocenters. The Labute approximate surface area is 200 Å². The molecule has 1 aromatic heterocycles. The number of furan rings is 1. The van der Waals surface area contributed by atoms with E-state index in [1.54, 1.807) is 12.3 Å². The molecule has 5 heteroatoms. The highest BCUT2D eigenvalue weighted by Crippen LogP contribution is 2.37. The van der Waals surface area contributed by atoms with Gasteiger partial charge >= 0.3 is 0 Å². The lowest BCUT2D eigenvalue weighted by atomic mass is 9.98. The predicted molar refractivity (Wildman–Crippen MR) is 137 cm³/mol. The van der Waals surface area contributed by atoms with Crippen LogP contribution in [0.25, 0.3) is 27.7 Å². The molecule has 5 nitrogen and oxygen atoms in total. The average molecular weight is 456 g/mol.